The van der Waals surface area contributed by atoms with Gasteiger partial charge in [-0.25, -0.2) is 0 Å². The Bertz CT molecular complexity index is 510. The van der Waals surface area contributed by atoms with Crippen LogP contribution in [0.25, 0.3) is 0 Å². The summed E-state index contributed by atoms with van der Waals surface area (Å²) in [5, 5.41) is 3.96. The lowest BCUT2D eigenvalue weighted by molar-refractivity contribution is 0.415. The molecule has 0 unspecified atom stereocenters. The van der Waals surface area contributed by atoms with Crippen molar-refractivity contribution >= 4 is 28.6 Å². The van der Waals surface area contributed by atoms with Crippen LogP contribution in [0.3, 0.4) is 0 Å². The highest BCUT2D eigenvalue weighted by atomic mass is 35.5. The number of methoxy groups -OCH3 is 1. The fourth-order valence-corrected chi connectivity index (χ4v) is 2.63. The first-order valence-electron chi connectivity index (χ1n) is 5.32. The van der Waals surface area contributed by atoms with E-state index in [-0.39, 0.29) is 0 Å². The van der Waals surface area contributed by atoms with E-state index in [1.54, 1.807) is 18.4 Å². The molecule has 4 heteroatoms. The Morgan fingerprint density at radius 1 is 1.29 bits per heavy atom. The third-order valence-corrected chi connectivity index (χ3v) is 3.71. The summed E-state index contributed by atoms with van der Waals surface area (Å²) < 4.78 is 5.11. The van der Waals surface area contributed by atoms with E-state index in [4.69, 9.17) is 16.3 Å². The molecular weight excluding hydrogens is 254 g/mol. The van der Waals surface area contributed by atoms with Gasteiger partial charge in [0.1, 0.15) is 5.75 Å². The van der Waals surface area contributed by atoms with Crippen LogP contribution in [0, 0.1) is 6.92 Å². The van der Waals surface area contributed by atoms with E-state index in [1.807, 2.05) is 18.2 Å². The zero-order chi connectivity index (χ0) is 12.3. The summed E-state index contributed by atoms with van der Waals surface area (Å²) in [5.74, 6) is 0.698. The number of aryl methyl sites for hydroxylation is 1. The predicted molar refractivity (Wildman–Crippen MR) is 74.4 cm³/mol. The first-order chi connectivity index (χ1) is 8.19. The van der Waals surface area contributed by atoms with Gasteiger partial charge in [0, 0.05) is 22.0 Å². The highest BCUT2D eigenvalue weighted by Gasteiger charge is 2.02. The average Bonchev–Trinajstić information content (AvgIpc) is 2.73. The number of benzene rings is 1. The van der Waals surface area contributed by atoms with Crippen molar-refractivity contribution in [3.63, 3.8) is 0 Å². The normalized spacial score (nSPS) is 10.3. The van der Waals surface area contributed by atoms with Crippen molar-refractivity contribution in [2.75, 3.05) is 12.4 Å². The monoisotopic (exact) mass is 267 g/mol. The standard InChI is InChI=1S/C13H14ClNOS/c1-9-3-5-11(17-9)8-15-10-4-6-13(16-2)12(14)7-10/h3-7,15H,8H2,1-2H3. The summed E-state index contributed by atoms with van der Waals surface area (Å²) in [6.07, 6.45) is 0. The first kappa shape index (κ1) is 12.3. The maximum absolute atomic E-state index is 6.05. The molecule has 2 rings (SSSR count). The maximum atomic E-state index is 6.05. The van der Waals surface area contributed by atoms with Crippen LogP contribution >= 0.6 is 22.9 Å². The zero-order valence-electron chi connectivity index (χ0n) is 9.79. The predicted octanol–water partition coefficient (Wildman–Crippen LogP) is 4.33. The Hall–Kier alpha value is -1.19. The van der Waals surface area contributed by atoms with Crippen LogP contribution in [0.2, 0.25) is 5.02 Å². The lowest BCUT2D eigenvalue weighted by Crippen LogP contribution is -1.97. The molecule has 0 fully saturated rings. The molecule has 1 heterocycles. The summed E-state index contributed by atoms with van der Waals surface area (Å²) in [6, 6.07) is 9.97. The molecule has 17 heavy (non-hydrogen) atoms. The first-order valence-corrected chi connectivity index (χ1v) is 6.51. The molecule has 0 saturated heterocycles. The Labute approximate surface area is 110 Å². The van der Waals surface area contributed by atoms with Gasteiger partial charge in [-0.3, -0.25) is 0 Å². The molecule has 90 valence electrons. The van der Waals surface area contributed by atoms with E-state index in [2.05, 4.69) is 24.4 Å². The van der Waals surface area contributed by atoms with Gasteiger partial charge in [0.15, 0.2) is 0 Å². The van der Waals surface area contributed by atoms with Gasteiger partial charge in [0.05, 0.1) is 12.1 Å². The molecule has 0 radical (unpaired) electrons. The number of anilines is 1. The Balaban J connectivity index is 2.02. The third kappa shape index (κ3) is 3.14. The summed E-state index contributed by atoms with van der Waals surface area (Å²) in [5.41, 5.74) is 1.00. The van der Waals surface area contributed by atoms with Gasteiger partial charge in [0.2, 0.25) is 0 Å². The van der Waals surface area contributed by atoms with Gasteiger partial charge in [-0.15, -0.1) is 11.3 Å². The second-order valence-corrected chi connectivity index (χ2v) is 5.49. The largest absolute Gasteiger partial charge is 0.495 e. The van der Waals surface area contributed by atoms with E-state index < -0.39 is 0 Å². The molecule has 1 aromatic heterocycles. The van der Waals surface area contributed by atoms with Crippen molar-refractivity contribution < 1.29 is 4.74 Å². The second kappa shape index (κ2) is 5.43. The van der Waals surface area contributed by atoms with Crippen molar-refractivity contribution in [2.24, 2.45) is 0 Å². The number of halogens is 1. The number of ether oxygens (including phenoxy) is 1. The van der Waals surface area contributed by atoms with Crippen molar-refractivity contribution in [3.05, 3.63) is 45.1 Å². The topological polar surface area (TPSA) is 21.3 Å². The number of nitrogens with one attached hydrogen (secondary N) is 1. The Morgan fingerprint density at radius 3 is 2.71 bits per heavy atom. The van der Waals surface area contributed by atoms with Gasteiger partial charge in [-0.1, -0.05) is 11.6 Å². The van der Waals surface area contributed by atoms with Crippen LogP contribution < -0.4 is 10.1 Å². The zero-order valence-corrected chi connectivity index (χ0v) is 11.4. The molecule has 1 aromatic carbocycles. The number of hydrogen-bond donors (Lipinski definition) is 1. The lowest BCUT2D eigenvalue weighted by atomic mass is 10.3. The molecule has 0 aliphatic heterocycles. The number of thiophene rings is 1. The van der Waals surface area contributed by atoms with Crippen LogP contribution in [-0.2, 0) is 6.54 Å². The van der Waals surface area contributed by atoms with E-state index >= 15 is 0 Å². The molecule has 0 spiro atoms. The molecule has 0 bridgehead atoms. The Kier molecular flexibility index (Phi) is 3.92. The van der Waals surface area contributed by atoms with E-state index in [9.17, 15) is 0 Å². The SMILES string of the molecule is COc1ccc(NCc2ccc(C)s2)cc1Cl. The summed E-state index contributed by atoms with van der Waals surface area (Å²) in [4.78, 5) is 2.64. The van der Waals surface area contributed by atoms with E-state index in [1.165, 1.54) is 9.75 Å². The third-order valence-electron chi connectivity index (χ3n) is 2.41. The van der Waals surface area contributed by atoms with Crippen LogP contribution in [0.4, 0.5) is 5.69 Å². The summed E-state index contributed by atoms with van der Waals surface area (Å²) >= 11 is 7.85. The maximum Gasteiger partial charge on any atom is 0.137 e. The van der Waals surface area contributed by atoms with Crippen molar-refractivity contribution in [1.29, 1.82) is 0 Å². The highest BCUT2D eigenvalue weighted by molar-refractivity contribution is 7.11. The van der Waals surface area contributed by atoms with E-state index in [0.717, 1.165) is 12.2 Å². The fourth-order valence-electron chi connectivity index (χ4n) is 1.55. The van der Waals surface area contributed by atoms with Crippen molar-refractivity contribution in [3.8, 4) is 5.75 Å². The Morgan fingerprint density at radius 2 is 2.12 bits per heavy atom. The molecule has 2 aromatic rings. The van der Waals surface area contributed by atoms with Crippen LogP contribution in [0.1, 0.15) is 9.75 Å². The summed E-state index contributed by atoms with van der Waals surface area (Å²) in [6.45, 7) is 2.93. The van der Waals surface area contributed by atoms with Gasteiger partial charge in [-0.2, -0.15) is 0 Å². The minimum Gasteiger partial charge on any atom is -0.495 e. The second-order valence-electron chi connectivity index (χ2n) is 3.72. The molecule has 0 atom stereocenters. The fraction of sp³-hybridized carbons (Fsp3) is 0.231. The molecule has 0 aliphatic rings. The smallest absolute Gasteiger partial charge is 0.137 e. The minimum absolute atomic E-state index is 0.625. The van der Waals surface area contributed by atoms with Crippen LogP contribution in [0.5, 0.6) is 5.75 Å². The molecule has 1 N–H and O–H groups in total. The molecule has 0 aliphatic carbocycles. The quantitative estimate of drug-likeness (QED) is 0.890. The highest BCUT2D eigenvalue weighted by Crippen LogP contribution is 2.27. The van der Waals surface area contributed by atoms with Crippen LogP contribution in [-0.4, -0.2) is 7.11 Å². The summed E-state index contributed by atoms with van der Waals surface area (Å²) in [7, 11) is 1.61. The molecule has 0 saturated carbocycles. The molecule has 0 amide bonds. The van der Waals surface area contributed by atoms with Crippen LogP contribution in [0.15, 0.2) is 30.3 Å². The number of hydrogen-bond acceptors (Lipinski definition) is 3. The molecule has 2 nitrogen and oxygen atoms in total. The van der Waals surface area contributed by atoms with Crippen molar-refractivity contribution in [2.45, 2.75) is 13.5 Å². The van der Waals surface area contributed by atoms with Gasteiger partial charge >= 0.3 is 0 Å². The van der Waals surface area contributed by atoms with Gasteiger partial charge in [-0.05, 0) is 37.3 Å². The molecular formula is C13H14ClNOS. The lowest BCUT2D eigenvalue weighted by Gasteiger charge is -2.07. The van der Waals surface area contributed by atoms with Crippen molar-refractivity contribution in [1.82, 2.24) is 0 Å². The van der Waals surface area contributed by atoms with Gasteiger partial charge in [0.25, 0.3) is 0 Å². The average molecular weight is 268 g/mol. The number of rotatable bonds is 4. The van der Waals surface area contributed by atoms with Gasteiger partial charge < -0.3 is 10.1 Å². The van der Waals surface area contributed by atoms with E-state index in [0.29, 0.717) is 10.8 Å². The minimum atomic E-state index is 0.625.